The molecule has 126 valence electrons. The number of hydrogen-bond acceptors (Lipinski definition) is 7. The summed E-state index contributed by atoms with van der Waals surface area (Å²) in [5.74, 6) is 0.264. The molecule has 1 atom stereocenters. The lowest BCUT2D eigenvalue weighted by atomic mass is 10.0. The Morgan fingerprint density at radius 2 is 2.42 bits per heavy atom. The van der Waals surface area contributed by atoms with Crippen LogP contribution < -0.4 is 5.32 Å². The van der Waals surface area contributed by atoms with E-state index in [0.29, 0.717) is 17.6 Å². The molecule has 0 amide bonds. The van der Waals surface area contributed by atoms with Gasteiger partial charge in [-0.15, -0.1) is 0 Å². The van der Waals surface area contributed by atoms with Crippen molar-refractivity contribution in [3.05, 3.63) is 51.9 Å². The molecule has 0 radical (unpaired) electrons. The maximum Gasteiger partial charge on any atom is 0.231 e. The molecule has 0 bridgehead atoms. The Morgan fingerprint density at radius 1 is 1.67 bits per heavy atom. The van der Waals surface area contributed by atoms with E-state index in [2.05, 4.69) is 20.4 Å². The van der Waals surface area contributed by atoms with E-state index in [1.54, 1.807) is 31.4 Å². The summed E-state index contributed by atoms with van der Waals surface area (Å²) in [6.45, 7) is 3.19. The Morgan fingerprint density at radius 3 is 2.92 bits per heavy atom. The molecule has 2 N–H and O–H groups in total. The molecular weight excluding hydrogens is 312 g/mol. The fourth-order valence-corrected chi connectivity index (χ4v) is 1.89. The van der Waals surface area contributed by atoms with Crippen molar-refractivity contribution >= 4 is 11.5 Å². The van der Waals surface area contributed by atoms with Gasteiger partial charge in [0.15, 0.2) is 6.19 Å². The first-order valence-electron chi connectivity index (χ1n) is 7.18. The van der Waals surface area contributed by atoms with E-state index in [9.17, 15) is 10.1 Å². The summed E-state index contributed by atoms with van der Waals surface area (Å²) >= 11 is 0. The van der Waals surface area contributed by atoms with Crippen LogP contribution in [0, 0.1) is 21.6 Å². The number of nitrogens with zero attached hydrogens (tertiary/aromatic N) is 5. The van der Waals surface area contributed by atoms with Gasteiger partial charge in [0.25, 0.3) is 0 Å². The molecule has 0 aromatic carbocycles. The predicted octanol–water partition coefficient (Wildman–Crippen LogP) is 1.73. The van der Waals surface area contributed by atoms with Gasteiger partial charge >= 0.3 is 0 Å². The smallest absolute Gasteiger partial charge is 0.231 e. The maximum absolute atomic E-state index is 10.9. The van der Waals surface area contributed by atoms with Crippen molar-refractivity contribution < 1.29 is 10.1 Å². The van der Waals surface area contributed by atoms with Crippen molar-refractivity contribution in [3.8, 4) is 6.19 Å². The number of amidine groups is 1. The molecule has 0 fully saturated rings. The zero-order chi connectivity index (χ0) is 17.9. The third-order valence-electron chi connectivity index (χ3n) is 3.25. The second kappa shape index (κ2) is 9.68. The Kier molecular flexibility index (Phi) is 7.57. The van der Waals surface area contributed by atoms with Gasteiger partial charge in [-0.05, 0) is 24.6 Å². The van der Waals surface area contributed by atoms with E-state index in [4.69, 9.17) is 10.5 Å². The molecule has 9 nitrogen and oxygen atoms in total. The molecule has 0 aliphatic heterocycles. The van der Waals surface area contributed by atoms with Gasteiger partial charge in [0, 0.05) is 35.4 Å². The van der Waals surface area contributed by atoms with Gasteiger partial charge in [0.2, 0.25) is 6.04 Å². The highest BCUT2D eigenvalue weighted by atomic mass is 16.6. The minimum Gasteiger partial charge on any atom is -0.411 e. The molecule has 0 aliphatic carbocycles. The second-order valence-electron chi connectivity index (χ2n) is 4.77. The lowest BCUT2D eigenvalue weighted by Gasteiger charge is -2.08. The zero-order valence-electron chi connectivity index (χ0n) is 13.4. The number of nitrogens with one attached hydrogen (secondary N) is 1. The van der Waals surface area contributed by atoms with Crippen LogP contribution in [-0.4, -0.2) is 39.2 Å². The second-order valence-corrected chi connectivity index (χ2v) is 4.77. The number of pyridine rings is 1. The van der Waals surface area contributed by atoms with E-state index in [1.807, 2.05) is 0 Å². The van der Waals surface area contributed by atoms with Crippen LogP contribution in [0.1, 0.15) is 25.8 Å². The van der Waals surface area contributed by atoms with E-state index < -0.39 is 11.0 Å². The topological polar surface area (TPSA) is 137 Å². The molecule has 1 aromatic heterocycles. The van der Waals surface area contributed by atoms with Crippen molar-refractivity contribution in [3.63, 3.8) is 0 Å². The van der Waals surface area contributed by atoms with Gasteiger partial charge < -0.3 is 5.21 Å². The summed E-state index contributed by atoms with van der Waals surface area (Å²) in [6.07, 6.45) is 6.78. The van der Waals surface area contributed by atoms with Gasteiger partial charge in [0.1, 0.15) is 11.5 Å². The fraction of sp³-hybridized carbons (Fsp3) is 0.333. The normalized spacial score (nSPS) is 14.0. The van der Waals surface area contributed by atoms with Crippen LogP contribution >= 0.6 is 0 Å². The molecule has 0 saturated carbocycles. The van der Waals surface area contributed by atoms with Crippen molar-refractivity contribution in [2.24, 2.45) is 10.1 Å². The van der Waals surface area contributed by atoms with Gasteiger partial charge in [-0.3, -0.25) is 25.4 Å². The van der Waals surface area contributed by atoms with Crippen LogP contribution in [0.2, 0.25) is 0 Å². The van der Waals surface area contributed by atoms with Gasteiger partial charge in [-0.25, -0.2) is 0 Å². The van der Waals surface area contributed by atoms with Crippen LogP contribution in [0.25, 0.3) is 0 Å². The summed E-state index contributed by atoms with van der Waals surface area (Å²) in [6, 6.07) is 2.53. The van der Waals surface area contributed by atoms with Crippen LogP contribution in [0.4, 0.5) is 0 Å². The highest BCUT2D eigenvalue weighted by Gasteiger charge is 2.18. The summed E-state index contributed by atoms with van der Waals surface area (Å²) in [7, 11) is 0. The Bertz CT molecular complexity index is 691. The van der Waals surface area contributed by atoms with Crippen molar-refractivity contribution in [2.45, 2.75) is 26.3 Å². The van der Waals surface area contributed by atoms with Gasteiger partial charge in [-0.1, -0.05) is 12.1 Å². The summed E-state index contributed by atoms with van der Waals surface area (Å²) < 4.78 is 0. The third kappa shape index (κ3) is 5.49. The highest BCUT2D eigenvalue weighted by Crippen LogP contribution is 2.10. The first kappa shape index (κ1) is 18.8. The average Bonchev–Trinajstić information content (AvgIpc) is 2.61. The van der Waals surface area contributed by atoms with Gasteiger partial charge in [0.05, 0.1) is 6.54 Å². The Hall–Kier alpha value is -3.28. The third-order valence-corrected chi connectivity index (χ3v) is 3.25. The number of aliphatic imine (C=N–C) groups is 1. The van der Waals surface area contributed by atoms with E-state index >= 15 is 0 Å². The molecule has 1 rings (SSSR count). The van der Waals surface area contributed by atoms with Crippen molar-refractivity contribution in [1.29, 1.82) is 5.26 Å². The minimum atomic E-state index is -0.884. The molecule has 0 aliphatic rings. The molecule has 1 aromatic rings. The molecule has 9 heteroatoms. The molecule has 0 spiro atoms. The lowest BCUT2D eigenvalue weighted by molar-refractivity contribution is -0.507. The van der Waals surface area contributed by atoms with Crippen LogP contribution in [0.15, 0.2) is 46.3 Å². The predicted molar refractivity (Wildman–Crippen MR) is 88.4 cm³/mol. The number of nitriles is 1. The molecule has 0 saturated heterocycles. The first-order chi connectivity index (χ1) is 11.5. The van der Waals surface area contributed by atoms with E-state index in [1.165, 1.54) is 19.2 Å². The maximum atomic E-state index is 10.9. The fourth-order valence-electron chi connectivity index (χ4n) is 1.89. The number of rotatable bonds is 7. The highest BCUT2D eigenvalue weighted by molar-refractivity contribution is 6.03. The summed E-state index contributed by atoms with van der Waals surface area (Å²) in [5.41, 5.74) is 1.26. The van der Waals surface area contributed by atoms with Crippen molar-refractivity contribution in [2.75, 3.05) is 6.54 Å². The van der Waals surface area contributed by atoms with Crippen LogP contribution in [0.5, 0.6) is 0 Å². The summed E-state index contributed by atoms with van der Waals surface area (Å²) in [5, 5.41) is 34.4. The van der Waals surface area contributed by atoms with Crippen molar-refractivity contribution in [1.82, 2.24) is 10.3 Å². The number of oxime groups is 1. The summed E-state index contributed by atoms with van der Waals surface area (Å²) in [4.78, 5) is 18.6. The Balaban J connectivity index is 3.02. The largest absolute Gasteiger partial charge is 0.411 e. The molecule has 1 heterocycles. The molecular formula is C15H18N6O3. The number of aromatic nitrogens is 1. The van der Waals surface area contributed by atoms with Crippen LogP contribution in [-0.2, 0) is 0 Å². The zero-order valence-corrected chi connectivity index (χ0v) is 13.4. The first-order valence-corrected chi connectivity index (χ1v) is 7.18. The Labute approximate surface area is 139 Å². The van der Waals surface area contributed by atoms with E-state index in [0.717, 1.165) is 0 Å². The average molecular weight is 330 g/mol. The van der Waals surface area contributed by atoms with Crippen LogP contribution in [0.3, 0.4) is 0 Å². The number of nitro groups is 1. The molecule has 1 unspecified atom stereocenters. The monoisotopic (exact) mass is 330 g/mol. The molecule has 24 heavy (non-hydrogen) atoms. The quantitative estimate of drug-likeness (QED) is 0.148. The standard InChI is InChI=1S/C15H18N6O3/c1-3-12(11(2)21(23)24)7-14(20-22)9-18-15(19-10-16)13-5-4-6-17-8-13/h4-8,11,22H,3,9H2,1-2H3,(H,18,19). The number of hydrogen-bond donors (Lipinski definition) is 2. The lowest BCUT2D eigenvalue weighted by Crippen LogP contribution is -2.21. The van der Waals surface area contributed by atoms with Gasteiger partial charge in [-0.2, -0.15) is 5.26 Å². The SMILES string of the molecule is CCC(=CC(CN=C(NC#N)c1cccnc1)=NO)C(C)[N+](=O)[O-]. The van der Waals surface area contributed by atoms with E-state index in [-0.39, 0.29) is 18.1 Å². The minimum absolute atomic E-state index is 0.0522.